The van der Waals surface area contributed by atoms with Crippen molar-refractivity contribution >= 4 is 5.97 Å². The third kappa shape index (κ3) is 3.18. The first-order valence-electron chi connectivity index (χ1n) is 6.28. The minimum atomic E-state index is -1.39. The number of carbonyl (C=O) groups excluding carboxylic acids is 1. The van der Waals surface area contributed by atoms with Crippen LogP contribution in [0.5, 0.6) is 0 Å². The van der Waals surface area contributed by atoms with Gasteiger partial charge in [-0.3, -0.25) is 0 Å². The van der Waals surface area contributed by atoms with Crippen molar-refractivity contribution < 1.29 is 23.7 Å². The lowest BCUT2D eigenvalue weighted by atomic mass is 10.1. The lowest BCUT2D eigenvalue weighted by molar-refractivity contribution is -0.282. The zero-order chi connectivity index (χ0) is 12.7. The van der Waals surface area contributed by atoms with E-state index in [1.54, 1.807) is 0 Å². The molecule has 0 saturated carbocycles. The predicted octanol–water partition coefficient (Wildman–Crippen LogP) is 1.50. The molecule has 1 aliphatic rings. The summed E-state index contributed by atoms with van der Waals surface area (Å²) in [6.07, 6.45) is 1.06. The Labute approximate surface area is 102 Å². The molecule has 0 N–H and O–H groups in total. The molecular formula is C12H22O5. The molecule has 1 fully saturated rings. The van der Waals surface area contributed by atoms with Gasteiger partial charge in [-0.2, -0.15) is 0 Å². The third-order valence-electron chi connectivity index (χ3n) is 2.64. The Bertz CT molecular complexity index is 235. The SMILES string of the molecule is CCOC1CCCOC(=O)C1(OCC)OCC. The summed E-state index contributed by atoms with van der Waals surface area (Å²) in [5.74, 6) is -1.87. The first-order chi connectivity index (χ1) is 8.21. The van der Waals surface area contributed by atoms with Crippen LogP contribution in [0.15, 0.2) is 0 Å². The molecule has 5 nitrogen and oxygen atoms in total. The molecule has 5 heteroatoms. The van der Waals surface area contributed by atoms with Crippen LogP contribution in [0.25, 0.3) is 0 Å². The first kappa shape index (κ1) is 14.4. The van der Waals surface area contributed by atoms with E-state index in [0.29, 0.717) is 32.8 Å². The monoisotopic (exact) mass is 246 g/mol. The van der Waals surface area contributed by atoms with Gasteiger partial charge < -0.3 is 18.9 Å². The van der Waals surface area contributed by atoms with Crippen LogP contribution in [-0.4, -0.2) is 44.3 Å². The minimum absolute atomic E-state index is 0.374. The van der Waals surface area contributed by atoms with E-state index in [1.807, 2.05) is 20.8 Å². The van der Waals surface area contributed by atoms with Crippen LogP contribution in [0.1, 0.15) is 33.6 Å². The van der Waals surface area contributed by atoms with Gasteiger partial charge in [0.25, 0.3) is 5.79 Å². The zero-order valence-electron chi connectivity index (χ0n) is 10.9. The van der Waals surface area contributed by atoms with Gasteiger partial charge >= 0.3 is 5.97 Å². The summed E-state index contributed by atoms with van der Waals surface area (Å²) in [5.41, 5.74) is 0. The molecule has 0 aromatic rings. The number of rotatable bonds is 6. The van der Waals surface area contributed by atoms with Crippen LogP contribution >= 0.6 is 0 Å². The molecule has 1 rings (SSSR count). The molecule has 0 aliphatic carbocycles. The van der Waals surface area contributed by atoms with Gasteiger partial charge in [-0.15, -0.1) is 0 Å². The summed E-state index contributed by atoms with van der Waals surface area (Å²) in [5, 5.41) is 0. The predicted molar refractivity (Wildman–Crippen MR) is 61.6 cm³/mol. The van der Waals surface area contributed by atoms with Crippen molar-refractivity contribution in [2.24, 2.45) is 0 Å². The Morgan fingerprint density at radius 2 is 1.88 bits per heavy atom. The van der Waals surface area contributed by atoms with Gasteiger partial charge in [-0.05, 0) is 33.6 Å². The molecular weight excluding hydrogens is 224 g/mol. The highest BCUT2D eigenvalue weighted by Crippen LogP contribution is 2.29. The van der Waals surface area contributed by atoms with E-state index in [0.717, 1.165) is 6.42 Å². The molecule has 1 unspecified atom stereocenters. The standard InChI is InChI=1S/C12H22O5/c1-4-14-10-8-7-9-15-11(13)12(10,16-5-2)17-6-3/h10H,4-9H2,1-3H3. The lowest BCUT2D eigenvalue weighted by Crippen LogP contribution is -2.55. The van der Waals surface area contributed by atoms with Crippen LogP contribution in [0, 0.1) is 0 Å². The molecule has 1 aliphatic heterocycles. The Kier molecular flexibility index (Phi) is 5.88. The molecule has 0 bridgehead atoms. The fourth-order valence-electron chi connectivity index (χ4n) is 2.02. The van der Waals surface area contributed by atoms with Crippen LogP contribution < -0.4 is 0 Å². The highest BCUT2D eigenvalue weighted by molar-refractivity contribution is 5.79. The summed E-state index contributed by atoms with van der Waals surface area (Å²) in [6, 6.07) is 0. The third-order valence-corrected chi connectivity index (χ3v) is 2.64. The number of carbonyl (C=O) groups is 1. The van der Waals surface area contributed by atoms with Crippen molar-refractivity contribution in [2.45, 2.75) is 45.5 Å². The van der Waals surface area contributed by atoms with Crippen molar-refractivity contribution in [1.29, 1.82) is 0 Å². The van der Waals surface area contributed by atoms with Crippen molar-refractivity contribution in [2.75, 3.05) is 26.4 Å². The first-order valence-corrected chi connectivity index (χ1v) is 6.28. The summed E-state index contributed by atoms with van der Waals surface area (Å²) in [7, 11) is 0. The summed E-state index contributed by atoms with van der Waals surface area (Å²) < 4.78 is 21.8. The minimum Gasteiger partial charge on any atom is -0.462 e. The van der Waals surface area contributed by atoms with Crippen molar-refractivity contribution in [3.05, 3.63) is 0 Å². The average molecular weight is 246 g/mol. The van der Waals surface area contributed by atoms with Crippen LogP contribution in [0.2, 0.25) is 0 Å². The number of cyclic esters (lactones) is 1. The molecule has 1 atom stereocenters. The molecule has 0 aromatic heterocycles. The maximum absolute atomic E-state index is 12.0. The van der Waals surface area contributed by atoms with Gasteiger partial charge in [0.15, 0.2) is 0 Å². The van der Waals surface area contributed by atoms with E-state index in [4.69, 9.17) is 18.9 Å². The normalized spacial score (nSPS) is 24.2. The summed E-state index contributed by atoms with van der Waals surface area (Å²) >= 11 is 0. The second kappa shape index (κ2) is 6.93. The highest BCUT2D eigenvalue weighted by atomic mass is 16.7. The smallest absolute Gasteiger partial charge is 0.369 e. The van der Waals surface area contributed by atoms with E-state index >= 15 is 0 Å². The van der Waals surface area contributed by atoms with E-state index in [1.165, 1.54) is 0 Å². The number of hydrogen-bond donors (Lipinski definition) is 0. The molecule has 1 heterocycles. The zero-order valence-corrected chi connectivity index (χ0v) is 10.9. The van der Waals surface area contributed by atoms with E-state index < -0.39 is 17.9 Å². The van der Waals surface area contributed by atoms with Crippen molar-refractivity contribution in [3.8, 4) is 0 Å². The highest BCUT2D eigenvalue weighted by Gasteiger charge is 2.51. The largest absolute Gasteiger partial charge is 0.462 e. The summed E-state index contributed by atoms with van der Waals surface area (Å²) in [6.45, 7) is 7.18. The maximum atomic E-state index is 12.0. The molecule has 0 amide bonds. The number of esters is 1. The van der Waals surface area contributed by atoms with Crippen LogP contribution in [0.4, 0.5) is 0 Å². The summed E-state index contributed by atoms with van der Waals surface area (Å²) in [4.78, 5) is 12.0. The quantitative estimate of drug-likeness (QED) is 0.525. The Balaban J connectivity index is 2.96. The van der Waals surface area contributed by atoms with E-state index in [9.17, 15) is 4.79 Å². The lowest BCUT2D eigenvalue weighted by Gasteiger charge is -2.35. The van der Waals surface area contributed by atoms with Gasteiger partial charge in [0.1, 0.15) is 6.10 Å². The number of hydrogen-bond acceptors (Lipinski definition) is 5. The van der Waals surface area contributed by atoms with Gasteiger partial charge in [-0.25, -0.2) is 4.79 Å². The van der Waals surface area contributed by atoms with Crippen molar-refractivity contribution in [3.63, 3.8) is 0 Å². The fraction of sp³-hybridized carbons (Fsp3) is 0.917. The molecule has 0 aromatic carbocycles. The van der Waals surface area contributed by atoms with Gasteiger partial charge in [-0.1, -0.05) is 0 Å². The van der Waals surface area contributed by atoms with Crippen LogP contribution in [-0.2, 0) is 23.7 Å². The van der Waals surface area contributed by atoms with Gasteiger partial charge in [0, 0.05) is 19.8 Å². The van der Waals surface area contributed by atoms with E-state index in [2.05, 4.69) is 0 Å². The average Bonchev–Trinajstić information content (AvgIpc) is 2.44. The van der Waals surface area contributed by atoms with Crippen LogP contribution in [0.3, 0.4) is 0 Å². The van der Waals surface area contributed by atoms with E-state index in [-0.39, 0.29) is 0 Å². The topological polar surface area (TPSA) is 54.0 Å². The molecule has 1 saturated heterocycles. The number of ether oxygens (including phenoxy) is 4. The Hall–Kier alpha value is -0.650. The molecule has 0 radical (unpaired) electrons. The van der Waals surface area contributed by atoms with Crippen molar-refractivity contribution in [1.82, 2.24) is 0 Å². The molecule has 100 valence electrons. The maximum Gasteiger partial charge on any atom is 0.369 e. The second-order valence-electron chi connectivity index (χ2n) is 3.76. The second-order valence-corrected chi connectivity index (χ2v) is 3.76. The Morgan fingerprint density at radius 3 is 2.41 bits per heavy atom. The van der Waals surface area contributed by atoms with Gasteiger partial charge in [0.05, 0.1) is 6.61 Å². The Morgan fingerprint density at radius 1 is 1.24 bits per heavy atom. The van der Waals surface area contributed by atoms with Gasteiger partial charge in [0.2, 0.25) is 0 Å². The molecule has 0 spiro atoms. The fourth-order valence-corrected chi connectivity index (χ4v) is 2.02. The molecule has 17 heavy (non-hydrogen) atoms.